The number of rotatable bonds is 2. The molecule has 1 aromatic carbocycles. The second-order valence-electron chi connectivity index (χ2n) is 3.75. The smallest absolute Gasteiger partial charge is 0.183 e. The molecule has 2 aromatic rings. The van der Waals surface area contributed by atoms with Gasteiger partial charge in [-0.15, -0.1) is 0 Å². The van der Waals surface area contributed by atoms with Crippen molar-refractivity contribution in [1.82, 2.24) is 15.1 Å². The van der Waals surface area contributed by atoms with Crippen LogP contribution in [0.3, 0.4) is 0 Å². The minimum Gasteiger partial charge on any atom is -0.271 e. The van der Waals surface area contributed by atoms with Gasteiger partial charge in [-0.25, -0.2) is 4.99 Å². The van der Waals surface area contributed by atoms with E-state index in [2.05, 4.69) is 15.4 Å². The molecule has 5 nitrogen and oxygen atoms in total. The maximum atomic E-state index is 8.62. The molecule has 2 rings (SSSR count). The molecule has 0 aliphatic rings. The SMILES string of the molecule is CSC(=Nc1cccc(-c2ccnn2C)c1)NC#N. The summed E-state index contributed by atoms with van der Waals surface area (Å²) >= 11 is 1.39. The molecule has 0 spiro atoms. The molecule has 1 N–H and O–H groups in total. The number of aryl methyl sites for hydroxylation is 1. The fourth-order valence-corrected chi connectivity index (χ4v) is 2.03. The third-order valence-corrected chi connectivity index (χ3v) is 3.13. The lowest BCUT2D eigenvalue weighted by Gasteiger charge is -2.04. The van der Waals surface area contributed by atoms with E-state index < -0.39 is 0 Å². The predicted octanol–water partition coefficient (Wildman–Crippen LogP) is 2.51. The van der Waals surface area contributed by atoms with Crippen LogP contribution in [0.5, 0.6) is 0 Å². The van der Waals surface area contributed by atoms with Crippen LogP contribution in [0.2, 0.25) is 0 Å². The molecule has 0 saturated heterocycles. The van der Waals surface area contributed by atoms with E-state index in [1.165, 1.54) is 11.8 Å². The Kier molecular flexibility index (Phi) is 4.21. The van der Waals surface area contributed by atoms with Crippen molar-refractivity contribution in [3.8, 4) is 17.5 Å². The Bertz CT molecular complexity index is 638. The Morgan fingerprint density at radius 3 is 2.95 bits per heavy atom. The molecule has 96 valence electrons. The van der Waals surface area contributed by atoms with Crippen molar-refractivity contribution in [3.63, 3.8) is 0 Å². The van der Waals surface area contributed by atoms with Crippen LogP contribution in [-0.4, -0.2) is 21.2 Å². The van der Waals surface area contributed by atoms with Gasteiger partial charge in [0, 0.05) is 18.8 Å². The summed E-state index contributed by atoms with van der Waals surface area (Å²) in [6.07, 6.45) is 5.50. The zero-order valence-electron chi connectivity index (χ0n) is 10.7. The predicted molar refractivity (Wildman–Crippen MR) is 78.0 cm³/mol. The fraction of sp³-hybridized carbons (Fsp3) is 0.154. The van der Waals surface area contributed by atoms with Crippen molar-refractivity contribution >= 4 is 22.6 Å². The number of nitrogens with one attached hydrogen (secondary N) is 1. The topological polar surface area (TPSA) is 66.0 Å². The minimum absolute atomic E-state index is 0.574. The van der Waals surface area contributed by atoms with Crippen molar-refractivity contribution in [2.45, 2.75) is 0 Å². The lowest BCUT2D eigenvalue weighted by Crippen LogP contribution is -2.12. The summed E-state index contributed by atoms with van der Waals surface area (Å²) in [5, 5.41) is 15.9. The van der Waals surface area contributed by atoms with Gasteiger partial charge in [-0.05, 0) is 24.5 Å². The zero-order chi connectivity index (χ0) is 13.7. The largest absolute Gasteiger partial charge is 0.271 e. The van der Waals surface area contributed by atoms with E-state index in [-0.39, 0.29) is 0 Å². The van der Waals surface area contributed by atoms with Gasteiger partial charge in [0.1, 0.15) is 0 Å². The third-order valence-electron chi connectivity index (χ3n) is 2.55. The van der Waals surface area contributed by atoms with Gasteiger partial charge in [-0.3, -0.25) is 10.00 Å². The monoisotopic (exact) mass is 271 g/mol. The molecule has 0 unspecified atom stereocenters. The Labute approximate surface area is 116 Å². The first kappa shape index (κ1) is 13.2. The van der Waals surface area contributed by atoms with Crippen molar-refractivity contribution in [2.75, 3.05) is 6.26 Å². The summed E-state index contributed by atoms with van der Waals surface area (Å²) in [5.74, 6) is 0. The highest BCUT2D eigenvalue weighted by Gasteiger charge is 2.03. The lowest BCUT2D eigenvalue weighted by atomic mass is 10.1. The van der Waals surface area contributed by atoms with Crippen LogP contribution in [0, 0.1) is 11.5 Å². The van der Waals surface area contributed by atoms with Crippen LogP contribution in [0.4, 0.5) is 5.69 Å². The van der Waals surface area contributed by atoms with Gasteiger partial charge >= 0.3 is 0 Å². The maximum Gasteiger partial charge on any atom is 0.183 e. The summed E-state index contributed by atoms with van der Waals surface area (Å²) < 4.78 is 1.81. The van der Waals surface area contributed by atoms with E-state index >= 15 is 0 Å². The Morgan fingerprint density at radius 1 is 1.47 bits per heavy atom. The summed E-state index contributed by atoms with van der Waals surface area (Å²) in [5.41, 5.74) is 2.86. The number of amidine groups is 1. The van der Waals surface area contributed by atoms with Gasteiger partial charge in [-0.2, -0.15) is 10.4 Å². The van der Waals surface area contributed by atoms with Crippen LogP contribution < -0.4 is 5.32 Å². The molecule has 0 fully saturated rings. The van der Waals surface area contributed by atoms with Gasteiger partial charge in [0.05, 0.1) is 11.4 Å². The lowest BCUT2D eigenvalue weighted by molar-refractivity contribution is 0.776. The van der Waals surface area contributed by atoms with Crippen LogP contribution >= 0.6 is 11.8 Å². The van der Waals surface area contributed by atoms with Crippen molar-refractivity contribution in [2.24, 2.45) is 12.0 Å². The minimum atomic E-state index is 0.574. The highest BCUT2D eigenvalue weighted by Crippen LogP contribution is 2.24. The molecule has 0 aliphatic heterocycles. The number of benzene rings is 1. The molecule has 0 bridgehead atoms. The van der Waals surface area contributed by atoms with Gasteiger partial charge in [0.15, 0.2) is 11.4 Å². The molecule has 0 aliphatic carbocycles. The Hall–Kier alpha value is -2.26. The molecule has 0 radical (unpaired) electrons. The second-order valence-corrected chi connectivity index (χ2v) is 4.54. The third kappa shape index (κ3) is 3.14. The second kappa shape index (κ2) is 6.07. The number of hydrogen-bond acceptors (Lipinski definition) is 4. The Morgan fingerprint density at radius 2 is 2.32 bits per heavy atom. The summed E-state index contributed by atoms with van der Waals surface area (Å²) in [7, 11) is 1.90. The van der Waals surface area contributed by atoms with E-state index in [1.54, 1.807) is 6.20 Å². The number of thioether (sulfide) groups is 1. The molecular formula is C13H13N5S. The highest BCUT2D eigenvalue weighted by atomic mass is 32.2. The van der Waals surface area contributed by atoms with Crippen molar-refractivity contribution in [3.05, 3.63) is 36.5 Å². The van der Waals surface area contributed by atoms with E-state index in [9.17, 15) is 0 Å². The van der Waals surface area contributed by atoms with Crippen LogP contribution in [0.15, 0.2) is 41.5 Å². The zero-order valence-corrected chi connectivity index (χ0v) is 11.5. The first-order valence-electron chi connectivity index (χ1n) is 5.61. The molecule has 0 amide bonds. The molecule has 6 heteroatoms. The van der Waals surface area contributed by atoms with E-state index in [0.29, 0.717) is 5.17 Å². The van der Waals surface area contributed by atoms with E-state index in [0.717, 1.165) is 16.9 Å². The van der Waals surface area contributed by atoms with Crippen LogP contribution in [0.25, 0.3) is 11.3 Å². The summed E-state index contributed by atoms with van der Waals surface area (Å²) in [6.45, 7) is 0. The average Bonchev–Trinajstić information content (AvgIpc) is 2.85. The average molecular weight is 271 g/mol. The molecule has 19 heavy (non-hydrogen) atoms. The molecule has 0 atom stereocenters. The van der Waals surface area contributed by atoms with Crippen molar-refractivity contribution in [1.29, 1.82) is 5.26 Å². The van der Waals surface area contributed by atoms with E-state index in [4.69, 9.17) is 5.26 Å². The first-order chi connectivity index (χ1) is 9.24. The maximum absolute atomic E-state index is 8.62. The number of aliphatic imine (C=N–C) groups is 1. The van der Waals surface area contributed by atoms with Gasteiger partial charge in [0.25, 0.3) is 0 Å². The van der Waals surface area contributed by atoms with Crippen molar-refractivity contribution < 1.29 is 0 Å². The van der Waals surface area contributed by atoms with E-state index in [1.807, 2.05) is 54.5 Å². The van der Waals surface area contributed by atoms with Gasteiger partial charge in [-0.1, -0.05) is 23.9 Å². The van der Waals surface area contributed by atoms with Crippen LogP contribution in [0.1, 0.15) is 0 Å². The van der Waals surface area contributed by atoms with Gasteiger partial charge in [0.2, 0.25) is 0 Å². The molecule has 1 heterocycles. The fourth-order valence-electron chi connectivity index (χ4n) is 1.68. The van der Waals surface area contributed by atoms with Crippen LogP contribution in [-0.2, 0) is 7.05 Å². The number of hydrogen-bond donors (Lipinski definition) is 1. The number of nitriles is 1. The Balaban J connectivity index is 2.35. The standard InChI is InChI=1S/C13H13N5S/c1-18-12(6-7-16-18)10-4-3-5-11(8-10)17-13(19-2)15-9-14/h3-8H,1-2H3,(H,15,17). The summed E-state index contributed by atoms with van der Waals surface area (Å²) in [6, 6.07) is 9.76. The van der Waals surface area contributed by atoms with Gasteiger partial charge < -0.3 is 0 Å². The normalized spacial score (nSPS) is 11.1. The molecule has 0 saturated carbocycles. The molecule has 1 aromatic heterocycles. The summed E-state index contributed by atoms with van der Waals surface area (Å²) in [4.78, 5) is 4.38. The quantitative estimate of drug-likeness (QED) is 0.394. The number of aromatic nitrogens is 2. The number of nitrogens with zero attached hydrogens (tertiary/aromatic N) is 4. The first-order valence-corrected chi connectivity index (χ1v) is 6.83. The highest BCUT2D eigenvalue weighted by molar-refractivity contribution is 8.13. The molecular weight excluding hydrogens is 258 g/mol.